The van der Waals surface area contributed by atoms with E-state index in [0.717, 1.165) is 33.6 Å². The van der Waals surface area contributed by atoms with Crippen molar-refractivity contribution in [1.29, 1.82) is 0 Å². The number of halogens is 1. The monoisotopic (exact) mass is 664 g/mol. The van der Waals surface area contributed by atoms with E-state index < -0.39 is 18.0 Å². The Morgan fingerprint density at radius 3 is 2.58 bits per heavy atom. The minimum atomic E-state index is -1.07. The number of carboxylic acids is 2. The van der Waals surface area contributed by atoms with Crippen LogP contribution in [0, 0.1) is 12.0 Å². The molecular formula is C38H33ClN2O7. The number of carboxylic acid groups (broad SMARTS) is 2. The smallest absolute Gasteiger partial charge is 0.346 e. The van der Waals surface area contributed by atoms with E-state index in [0.29, 0.717) is 48.3 Å². The average Bonchev–Trinajstić information content (AvgIpc) is 3.09. The molecular weight excluding hydrogens is 632 g/mol. The first kappa shape index (κ1) is 32.4. The third-order valence-electron chi connectivity index (χ3n) is 7.94. The van der Waals surface area contributed by atoms with Gasteiger partial charge in [0.1, 0.15) is 18.1 Å². The largest absolute Gasteiger partial charge is 0.489 e. The van der Waals surface area contributed by atoms with Crippen molar-refractivity contribution in [3.63, 3.8) is 0 Å². The summed E-state index contributed by atoms with van der Waals surface area (Å²) < 4.78 is 18.0. The highest BCUT2D eigenvalue weighted by Crippen LogP contribution is 2.38. The molecule has 4 aromatic carbocycles. The number of carbonyl (C=O) groups is 2. The van der Waals surface area contributed by atoms with Crippen molar-refractivity contribution >= 4 is 47.1 Å². The molecule has 0 aliphatic carbocycles. The number of hydrogen-bond acceptors (Lipinski definition) is 7. The van der Waals surface area contributed by atoms with Gasteiger partial charge in [-0.15, -0.1) is 0 Å². The molecule has 48 heavy (non-hydrogen) atoms. The molecule has 2 N–H and O–H groups in total. The lowest BCUT2D eigenvalue weighted by Crippen LogP contribution is -2.45. The molecule has 1 unspecified atom stereocenters. The van der Waals surface area contributed by atoms with Crippen LogP contribution in [0.4, 0.5) is 11.4 Å². The first-order chi connectivity index (χ1) is 23.3. The zero-order valence-corrected chi connectivity index (χ0v) is 26.7. The molecule has 0 amide bonds. The van der Waals surface area contributed by atoms with Crippen LogP contribution in [0.5, 0.6) is 17.2 Å². The Balaban J connectivity index is 1.06. The summed E-state index contributed by atoms with van der Waals surface area (Å²) in [5, 5.41) is 19.4. The van der Waals surface area contributed by atoms with Gasteiger partial charge in [0.05, 0.1) is 17.9 Å². The lowest BCUT2D eigenvalue weighted by atomic mass is 10.1. The van der Waals surface area contributed by atoms with E-state index >= 15 is 0 Å². The fourth-order valence-electron chi connectivity index (χ4n) is 5.51. The molecule has 9 nitrogen and oxygen atoms in total. The molecule has 4 aromatic rings. The van der Waals surface area contributed by atoms with Crippen LogP contribution in [0.2, 0.25) is 5.02 Å². The summed E-state index contributed by atoms with van der Waals surface area (Å²) in [6.45, 7) is 1.18. The number of anilines is 2. The highest BCUT2D eigenvalue weighted by molar-refractivity contribution is 6.30. The maximum atomic E-state index is 11.8. The second-order valence-corrected chi connectivity index (χ2v) is 11.8. The van der Waals surface area contributed by atoms with Crippen LogP contribution in [0.15, 0.2) is 84.9 Å². The number of fused-ring (bicyclic) bond motifs is 2. The molecule has 2 aliphatic heterocycles. The Morgan fingerprint density at radius 2 is 1.77 bits per heavy atom. The molecule has 10 heteroatoms. The number of benzene rings is 4. The summed E-state index contributed by atoms with van der Waals surface area (Å²) in [5.74, 6) is 3.05. The van der Waals surface area contributed by atoms with Gasteiger partial charge in [0.15, 0.2) is 12.5 Å². The van der Waals surface area contributed by atoms with Crippen molar-refractivity contribution in [2.75, 3.05) is 29.6 Å². The van der Waals surface area contributed by atoms with Crippen molar-refractivity contribution in [3.05, 3.63) is 112 Å². The third-order valence-corrected chi connectivity index (χ3v) is 8.17. The van der Waals surface area contributed by atoms with Crippen LogP contribution in [0.3, 0.4) is 0 Å². The van der Waals surface area contributed by atoms with Crippen LogP contribution in [-0.4, -0.2) is 48.1 Å². The molecule has 0 saturated heterocycles. The van der Waals surface area contributed by atoms with E-state index in [2.05, 4.69) is 12.0 Å². The molecule has 0 spiro atoms. The molecule has 0 aromatic heterocycles. The van der Waals surface area contributed by atoms with E-state index in [1.807, 2.05) is 107 Å². The summed E-state index contributed by atoms with van der Waals surface area (Å²) in [5.41, 5.74) is 5.42. The van der Waals surface area contributed by atoms with Gasteiger partial charge in [0.25, 0.3) is 0 Å². The van der Waals surface area contributed by atoms with Gasteiger partial charge in [-0.2, -0.15) is 0 Å². The predicted octanol–water partition coefficient (Wildman–Crippen LogP) is 6.97. The highest BCUT2D eigenvalue weighted by Gasteiger charge is 2.31. The molecule has 0 radical (unpaired) electrons. The van der Waals surface area contributed by atoms with Gasteiger partial charge in [0.2, 0.25) is 6.10 Å². The number of ether oxygens (including phenoxy) is 3. The second-order valence-electron chi connectivity index (χ2n) is 11.4. The molecule has 0 bridgehead atoms. The van der Waals surface area contributed by atoms with Crippen molar-refractivity contribution < 1.29 is 34.0 Å². The molecule has 6 rings (SSSR count). The Labute approximate surface area is 283 Å². The molecule has 1 atom stereocenters. The van der Waals surface area contributed by atoms with E-state index in [1.54, 1.807) is 0 Å². The number of hydrogen-bond donors (Lipinski definition) is 2. The zero-order chi connectivity index (χ0) is 33.5. The van der Waals surface area contributed by atoms with Crippen LogP contribution in [0.25, 0.3) is 12.2 Å². The quantitative estimate of drug-likeness (QED) is 0.116. The van der Waals surface area contributed by atoms with Crippen LogP contribution in [0.1, 0.15) is 35.1 Å². The van der Waals surface area contributed by atoms with Crippen molar-refractivity contribution in [2.24, 2.45) is 0 Å². The summed E-state index contributed by atoms with van der Waals surface area (Å²) in [7, 11) is 0. The summed E-state index contributed by atoms with van der Waals surface area (Å²) in [6, 6.07) is 29.9. The van der Waals surface area contributed by atoms with Gasteiger partial charge in [-0.1, -0.05) is 72.1 Å². The molecule has 0 saturated carbocycles. The van der Waals surface area contributed by atoms with Gasteiger partial charge in [0, 0.05) is 36.0 Å². The maximum absolute atomic E-state index is 11.8. The third kappa shape index (κ3) is 8.03. The van der Waals surface area contributed by atoms with Crippen molar-refractivity contribution in [2.45, 2.75) is 32.0 Å². The Morgan fingerprint density at radius 1 is 0.938 bits per heavy atom. The van der Waals surface area contributed by atoms with Gasteiger partial charge in [-0.25, -0.2) is 4.79 Å². The SMILES string of the molecule is O=C(O)CCCN1CC(C(=O)O)Oc2c(C=Cc3ccc(OCc4cccc(OCN5C#CCc6ccc(Cl)cc65)c4)cc3)cccc21. The molecule has 2 heterocycles. The lowest BCUT2D eigenvalue weighted by Gasteiger charge is -2.35. The minimum Gasteiger partial charge on any atom is -0.489 e. The van der Waals surface area contributed by atoms with E-state index in [-0.39, 0.29) is 19.7 Å². The van der Waals surface area contributed by atoms with E-state index in [1.165, 1.54) is 0 Å². The predicted molar refractivity (Wildman–Crippen MR) is 185 cm³/mol. The number of aliphatic carboxylic acids is 2. The van der Waals surface area contributed by atoms with Crippen molar-refractivity contribution in [3.8, 4) is 29.2 Å². The van der Waals surface area contributed by atoms with Crippen LogP contribution in [-0.2, 0) is 22.6 Å². The fourth-order valence-corrected chi connectivity index (χ4v) is 5.68. The van der Waals surface area contributed by atoms with Gasteiger partial charge < -0.3 is 29.3 Å². The number of para-hydroxylation sites is 1. The highest BCUT2D eigenvalue weighted by atomic mass is 35.5. The summed E-state index contributed by atoms with van der Waals surface area (Å²) in [4.78, 5) is 26.6. The van der Waals surface area contributed by atoms with Crippen molar-refractivity contribution in [1.82, 2.24) is 0 Å². The Kier molecular flexibility index (Phi) is 10.0. The molecule has 2 aliphatic rings. The van der Waals surface area contributed by atoms with Gasteiger partial charge in [-0.05, 0) is 65.6 Å². The first-order valence-electron chi connectivity index (χ1n) is 15.5. The zero-order valence-electron chi connectivity index (χ0n) is 26.0. The second kappa shape index (κ2) is 14.9. The Bertz CT molecular complexity index is 1900. The fraction of sp³-hybridized carbons (Fsp3) is 0.211. The standard InChI is InChI=1S/C38H33ClN2O7/c39-30-16-15-28-7-3-20-41(34(28)22-30)25-47-32-8-1-5-27(21-32)24-46-31-17-12-26(13-18-31)11-14-29-6-2-9-33-37(29)48-35(38(44)45)23-40(33)19-4-10-36(42)43/h1-2,5-6,8-9,11-18,21-22,35H,4,7,10,19,23-25H2,(H,42,43)(H,44,45). The average molecular weight is 665 g/mol. The molecule has 244 valence electrons. The lowest BCUT2D eigenvalue weighted by molar-refractivity contribution is -0.145. The van der Waals surface area contributed by atoms with E-state index in [9.17, 15) is 14.7 Å². The summed E-state index contributed by atoms with van der Waals surface area (Å²) >= 11 is 6.21. The van der Waals surface area contributed by atoms with Gasteiger partial charge in [-0.3, -0.25) is 9.69 Å². The van der Waals surface area contributed by atoms with Crippen LogP contribution >= 0.6 is 11.6 Å². The molecule has 0 fully saturated rings. The topological polar surface area (TPSA) is 109 Å². The number of nitrogens with zero attached hydrogens (tertiary/aromatic N) is 2. The van der Waals surface area contributed by atoms with E-state index in [4.69, 9.17) is 30.9 Å². The normalized spacial score (nSPS) is 14.7. The maximum Gasteiger partial charge on any atom is 0.346 e. The first-order valence-corrected chi connectivity index (χ1v) is 15.9. The van der Waals surface area contributed by atoms with Gasteiger partial charge >= 0.3 is 11.9 Å². The minimum absolute atomic E-state index is 0.00556. The Hall–Kier alpha value is -5.59. The number of rotatable bonds is 13. The summed E-state index contributed by atoms with van der Waals surface area (Å²) in [6.07, 6.45) is 3.83. The van der Waals surface area contributed by atoms with Crippen LogP contribution < -0.4 is 24.0 Å².